The zero-order chi connectivity index (χ0) is 12.2. The highest BCUT2D eigenvalue weighted by atomic mass is 16.2. The molecule has 3 amide bonds. The van der Waals surface area contributed by atoms with Gasteiger partial charge in [-0.3, -0.25) is 19.7 Å². The van der Waals surface area contributed by atoms with Crippen molar-refractivity contribution in [2.24, 2.45) is 0 Å². The van der Waals surface area contributed by atoms with Crippen molar-refractivity contribution in [3.63, 3.8) is 0 Å². The van der Waals surface area contributed by atoms with Gasteiger partial charge in [0.1, 0.15) is 0 Å². The molecular weight excluding hydrogens is 222 g/mol. The van der Waals surface area contributed by atoms with E-state index in [4.69, 9.17) is 5.73 Å². The number of hydrogen-bond acceptors (Lipinski definition) is 4. The molecule has 1 saturated heterocycles. The smallest absolute Gasteiger partial charge is 0.257 e. The molecule has 0 bridgehead atoms. The Morgan fingerprint density at radius 1 is 1.24 bits per heavy atom. The Morgan fingerprint density at radius 2 is 2.00 bits per heavy atom. The molecular formula is C11H9N3O3. The maximum atomic E-state index is 11.8. The lowest BCUT2D eigenvalue weighted by atomic mass is 9.88. The van der Waals surface area contributed by atoms with E-state index in [0.29, 0.717) is 16.8 Å². The zero-order valence-electron chi connectivity index (χ0n) is 8.74. The van der Waals surface area contributed by atoms with E-state index in [1.54, 1.807) is 18.2 Å². The second kappa shape index (κ2) is 2.85. The average Bonchev–Trinajstić information content (AvgIpc) is 2.67. The fraction of sp³-hybridized carbons (Fsp3) is 0.182. The summed E-state index contributed by atoms with van der Waals surface area (Å²) in [4.78, 5) is 34.9. The second-order valence-corrected chi connectivity index (χ2v) is 4.22. The maximum absolute atomic E-state index is 11.8. The van der Waals surface area contributed by atoms with Gasteiger partial charge in [0.25, 0.3) is 11.8 Å². The van der Waals surface area contributed by atoms with Crippen molar-refractivity contribution >= 4 is 23.4 Å². The number of amides is 3. The highest BCUT2D eigenvalue weighted by molar-refractivity contribution is 6.15. The fourth-order valence-corrected chi connectivity index (χ4v) is 2.36. The minimum Gasteiger partial charge on any atom is -0.399 e. The highest BCUT2D eigenvalue weighted by Gasteiger charge is 2.54. The number of hydrogen-bond donors (Lipinski definition) is 3. The zero-order valence-corrected chi connectivity index (χ0v) is 8.74. The Morgan fingerprint density at radius 3 is 2.65 bits per heavy atom. The predicted molar refractivity (Wildman–Crippen MR) is 57.8 cm³/mol. The topological polar surface area (TPSA) is 101 Å². The van der Waals surface area contributed by atoms with Crippen molar-refractivity contribution in [3.05, 3.63) is 29.3 Å². The molecule has 1 aromatic carbocycles. The van der Waals surface area contributed by atoms with Crippen LogP contribution in [0.25, 0.3) is 0 Å². The minimum atomic E-state index is -1.27. The van der Waals surface area contributed by atoms with Crippen LogP contribution in [0, 0.1) is 0 Å². The van der Waals surface area contributed by atoms with Crippen molar-refractivity contribution in [1.82, 2.24) is 10.6 Å². The van der Waals surface area contributed by atoms with Crippen molar-refractivity contribution in [2.45, 2.75) is 12.0 Å². The molecule has 0 aromatic heterocycles. The average molecular weight is 231 g/mol. The number of imide groups is 1. The van der Waals surface area contributed by atoms with E-state index in [1.165, 1.54) is 0 Å². The lowest BCUT2D eigenvalue weighted by Crippen LogP contribution is -2.45. The van der Waals surface area contributed by atoms with E-state index in [2.05, 4.69) is 10.6 Å². The number of nitrogen functional groups attached to an aromatic ring is 1. The summed E-state index contributed by atoms with van der Waals surface area (Å²) in [5, 5.41) is 4.77. The first-order valence-corrected chi connectivity index (χ1v) is 5.10. The molecule has 17 heavy (non-hydrogen) atoms. The Hall–Kier alpha value is -2.37. The summed E-state index contributed by atoms with van der Waals surface area (Å²) in [6.07, 6.45) is -0.0754. The van der Waals surface area contributed by atoms with E-state index in [9.17, 15) is 14.4 Å². The molecule has 2 aliphatic rings. The quantitative estimate of drug-likeness (QED) is 0.404. The summed E-state index contributed by atoms with van der Waals surface area (Å²) < 4.78 is 0. The van der Waals surface area contributed by atoms with Gasteiger partial charge in [-0.25, -0.2) is 0 Å². The summed E-state index contributed by atoms with van der Waals surface area (Å²) in [5.41, 5.74) is 5.71. The maximum Gasteiger partial charge on any atom is 0.257 e. The number of fused-ring (bicyclic) bond motifs is 2. The molecule has 3 rings (SSSR count). The number of benzene rings is 1. The SMILES string of the molecule is Nc1ccc2c(c1)C1(CC(=O)NC1=O)NC2=O. The Bertz CT molecular complexity index is 581. The largest absolute Gasteiger partial charge is 0.399 e. The van der Waals surface area contributed by atoms with Gasteiger partial charge in [-0.1, -0.05) is 0 Å². The standard InChI is InChI=1S/C11H9N3O3/c12-5-1-2-6-7(3-5)11(14-9(6)16)4-8(15)13-10(11)17/h1-3H,4,12H2,(H,14,16)(H,13,15,17). The van der Waals surface area contributed by atoms with Gasteiger partial charge in [0.2, 0.25) is 5.91 Å². The Labute approximate surface area is 96.2 Å². The third kappa shape index (κ3) is 1.12. The van der Waals surface area contributed by atoms with Crippen molar-refractivity contribution in [1.29, 1.82) is 0 Å². The van der Waals surface area contributed by atoms with Crippen LogP contribution in [-0.2, 0) is 15.1 Å². The molecule has 1 spiro atoms. The molecule has 1 unspecified atom stereocenters. The van der Waals surface area contributed by atoms with Crippen LogP contribution in [0.3, 0.4) is 0 Å². The first-order valence-electron chi connectivity index (χ1n) is 5.10. The summed E-state index contributed by atoms with van der Waals surface area (Å²) in [5.74, 6) is -1.25. The molecule has 1 aromatic rings. The van der Waals surface area contributed by atoms with Gasteiger partial charge in [-0.2, -0.15) is 0 Å². The van der Waals surface area contributed by atoms with Crippen LogP contribution in [-0.4, -0.2) is 17.7 Å². The van der Waals surface area contributed by atoms with Crippen LogP contribution in [0.5, 0.6) is 0 Å². The number of rotatable bonds is 0. The third-order valence-corrected chi connectivity index (χ3v) is 3.14. The summed E-state index contributed by atoms with van der Waals surface area (Å²) in [6, 6.07) is 4.71. The fourth-order valence-electron chi connectivity index (χ4n) is 2.36. The highest BCUT2D eigenvalue weighted by Crippen LogP contribution is 2.37. The van der Waals surface area contributed by atoms with Gasteiger partial charge >= 0.3 is 0 Å². The third-order valence-electron chi connectivity index (χ3n) is 3.14. The molecule has 1 atom stereocenters. The van der Waals surface area contributed by atoms with Crippen LogP contribution < -0.4 is 16.4 Å². The summed E-state index contributed by atoms with van der Waals surface area (Å²) in [6.45, 7) is 0. The van der Waals surface area contributed by atoms with E-state index >= 15 is 0 Å². The van der Waals surface area contributed by atoms with Crippen LogP contribution in [0.1, 0.15) is 22.3 Å². The number of anilines is 1. The van der Waals surface area contributed by atoms with Gasteiger partial charge in [0.05, 0.1) is 6.42 Å². The van der Waals surface area contributed by atoms with Crippen molar-refractivity contribution in [3.8, 4) is 0 Å². The molecule has 2 aliphatic heterocycles. The van der Waals surface area contributed by atoms with Crippen molar-refractivity contribution in [2.75, 3.05) is 5.73 Å². The number of nitrogens with two attached hydrogens (primary N) is 1. The van der Waals surface area contributed by atoms with Gasteiger partial charge < -0.3 is 11.1 Å². The lowest BCUT2D eigenvalue weighted by molar-refractivity contribution is -0.126. The van der Waals surface area contributed by atoms with Crippen LogP contribution in [0.4, 0.5) is 5.69 Å². The Balaban J connectivity index is 2.24. The minimum absolute atomic E-state index is 0.0754. The molecule has 0 radical (unpaired) electrons. The van der Waals surface area contributed by atoms with Crippen LogP contribution in [0.2, 0.25) is 0 Å². The summed E-state index contributed by atoms with van der Waals surface area (Å²) >= 11 is 0. The summed E-state index contributed by atoms with van der Waals surface area (Å²) in [7, 11) is 0. The Kier molecular flexibility index (Phi) is 1.65. The second-order valence-electron chi connectivity index (χ2n) is 4.22. The lowest BCUT2D eigenvalue weighted by Gasteiger charge is -2.20. The van der Waals surface area contributed by atoms with E-state index in [0.717, 1.165) is 0 Å². The molecule has 2 heterocycles. The van der Waals surface area contributed by atoms with Crippen LogP contribution >= 0.6 is 0 Å². The van der Waals surface area contributed by atoms with Crippen LogP contribution in [0.15, 0.2) is 18.2 Å². The molecule has 4 N–H and O–H groups in total. The van der Waals surface area contributed by atoms with Gasteiger partial charge in [0.15, 0.2) is 5.54 Å². The molecule has 6 heteroatoms. The number of nitrogens with one attached hydrogen (secondary N) is 2. The van der Waals surface area contributed by atoms with E-state index in [-0.39, 0.29) is 12.3 Å². The number of carbonyl (C=O) groups excluding carboxylic acids is 3. The number of carbonyl (C=O) groups is 3. The molecule has 1 fully saturated rings. The molecule has 86 valence electrons. The van der Waals surface area contributed by atoms with E-state index < -0.39 is 17.4 Å². The van der Waals surface area contributed by atoms with Gasteiger partial charge in [-0.15, -0.1) is 0 Å². The van der Waals surface area contributed by atoms with Crippen molar-refractivity contribution < 1.29 is 14.4 Å². The first kappa shape index (κ1) is 9.83. The van der Waals surface area contributed by atoms with Gasteiger partial charge in [0, 0.05) is 16.8 Å². The van der Waals surface area contributed by atoms with E-state index in [1.807, 2.05) is 0 Å². The first-order chi connectivity index (χ1) is 8.03. The molecule has 6 nitrogen and oxygen atoms in total. The molecule has 0 saturated carbocycles. The van der Waals surface area contributed by atoms with Gasteiger partial charge in [-0.05, 0) is 18.2 Å². The normalized spacial score (nSPS) is 26.0. The monoisotopic (exact) mass is 231 g/mol. The predicted octanol–water partition coefficient (Wildman–Crippen LogP) is -0.746. The molecule has 0 aliphatic carbocycles.